The Bertz CT molecular complexity index is 173. The lowest BCUT2D eigenvalue weighted by molar-refractivity contribution is -0.0637. The summed E-state index contributed by atoms with van der Waals surface area (Å²) < 4.78 is 4.89. The molecule has 0 rings (SSSR count). The summed E-state index contributed by atoms with van der Waals surface area (Å²) >= 11 is 0. The summed E-state index contributed by atoms with van der Waals surface area (Å²) in [4.78, 5) is 11.0. The normalized spacial score (nSPS) is 14.1. The minimum absolute atomic E-state index is 0.579. The van der Waals surface area contributed by atoms with Gasteiger partial charge in [-0.05, 0) is 27.7 Å². The van der Waals surface area contributed by atoms with Crippen molar-refractivity contribution in [3.63, 3.8) is 0 Å². The fraction of sp³-hybridized carbons (Fsp3) is 0.875. The van der Waals surface area contributed by atoms with Crippen molar-refractivity contribution in [3.8, 4) is 0 Å². The molecule has 0 aliphatic carbocycles. The molecular weight excluding hydrogens is 174 g/mol. The van der Waals surface area contributed by atoms with E-state index in [1.807, 2.05) is 0 Å². The van der Waals surface area contributed by atoms with Gasteiger partial charge < -0.3 is 20.3 Å². The molecule has 1 amide bonds. The first-order valence-electron chi connectivity index (χ1n) is 4.08. The van der Waals surface area contributed by atoms with E-state index in [9.17, 15) is 4.79 Å². The van der Waals surface area contributed by atoms with Crippen LogP contribution in [0.2, 0.25) is 0 Å². The summed E-state index contributed by atoms with van der Waals surface area (Å²) in [5.41, 5.74) is -0.579. The van der Waals surface area contributed by atoms with Gasteiger partial charge >= 0.3 is 6.09 Å². The predicted octanol–water partition coefficient (Wildman–Crippen LogP) is 0.210. The number of alkyl carbamates (subject to hydrolysis) is 1. The van der Waals surface area contributed by atoms with Crippen molar-refractivity contribution in [3.05, 3.63) is 0 Å². The van der Waals surface area contributed by atoms with E-state index in [0.29, 0.717) is 0 Å². The first-order chi connectivity index (χ1) is 5.72. The summed E-state index contributed by atoms with van der Waals surface area (Å²) in [5.74, 6) is 0. The number of carbonyl (C=O) groups is 1. The van der Waals surface area contributed by atoms with Crippen LogP contribution in [0.25, 0.3) is 0 Å². The van der Waals surface area contributed by atoms with E-state index in [2.05, 4.69) is 5.32 Å². The van der Waals surface area contributed by atoms with E-state index in [4.69, 9.17) is 14.9 Å². The third kappa shape index (κ3) is 6.36. The molecule has 0 aliphatic rings. The highest BCUT2D eigenvalue weighted by molar-refractivity contribution is 5.68. The van der Waals surface area contributed by atoms with Crippen LogP contribution < -0.4 is 5.32 Å². The zero-order chi connectivity index (χ0) is 10.6. The van der Waals surface area contributed by atoms with E-state index in [1.165, 1.54) is 6.92 Å². The summed E-state index contributed by atoms with van der Waals surface area (Å²) in [6.07, 6.45) is -2.24. The molecule has 0 saturated carbocycles. The van der Waals surface area contributed by atoms with Gasteiger partial charge in [-0.2, -0.15) is 0 Å². The third-order valence-corrected chi connectivity index (χ3v) is 1.19. The fourth-order valence-electron chi connectivity index (χ4n) is 0.568. The smallest absolute Gasteiger partial charge is 0.408 e. The van der Waals surface area contributed by atoms with E-state index in [-0.39, 0.29) is 0 Å². The van der Waals surface area contributed by atoms with Gasteiger partial charge in [-0.25, -0.2) is 4.79 Å². The molecule has 13 heavy (non-hydrogen) atoms. The van der Waals surface area contributed by atoms with Crippen LogP contribution in [0.4, 0.5) is 4.79 Å². The number of hydrogen-bond acceptors (Lipinski definition) is 4. The summed E-state index contributed by atoms with van der Waals surface area (Å²) in [6.45, 7) is 6.65. The molecule has 3 N–H and O–H groups in total. The van der Waals surface area contributed by atoms with E-state index >= 15 is 0 Å². The number of amides is 1. The Morgan fingerprint density at radius 2 is 1.85 bits per heavy atom. The van der Waals surface area contributed by atoms with Gasteiger partial charge in [0.05, 0.1) is 6.04 Å². The van der Waals surface area contributed by atoms with Gasteiger partial charge in [0.2, 0.25) is 0 Å². The minimum atomic E-state index is -1.58. The molecule has 0 aromatic carbocycles. The van der Waals surface area contributed by atoms with Crippen LogP contribution in [-0.4, -0.2) is 34.2 Å². The number of ether oxygens (including phenoxy) is 1. The van der Waals surface area contributed by atoms with Crippen molar-refractivity contribution in [2.45, 2.75) is 45.6 Å². The fourth-order valence-corrected chi connectivity index (χ4v) is 0.568. The van der Waals surface area contributed by atoms with Crippen molar-refractivity contribution in [2.75, 3.05) is 0 Å². The average molecular weight is 191 g/mol. The Hall–Kier alpha value is -0.810. The maximum atomic E-state index is 11.0. The van der Waals surface area contributed by atoms with Crippen LogP contribution in [0.3, 0.4) is 0 Å². The molecule has 0 heterocycles. The second-order valence-electron chi connectivity index (χ2n) is 3.85. The highest BCUT2D eigenvalue weighted by Gasteiger charge is 2.19. The number of nitrogens with one attached hydrogen (secondary N) is 1. The number of rotatable bonds is 2. The molecule has 78 valence electrons. The van der Waals surface area contributed by atoms with Gasteiger partial charge in [0, 0.05) is 0 Å². The van der Waals surface area contributed by atoms with Crippen LogP contribution >= 0.6 is 0 Å². The standard InChI is InChI=1S/C8H17NO4/c1-5(6(10)11)9-7(12)13-8(2,3)4/h5-6,10-11H,1-4H3,(H,9,12). The van der Waals surface area contributed by atoms with Crippen LogP contribution in [0.1, 0.15) is 27.7 Å². The topological polar surface area (TPSA) is 78.8 Å². The van der Waals surface area contributed by atoms with Crippen molar-refractivity contribution in [1.29, 1.82) is 0 Å². The summed E-state index contributed by atoms with van der Waals surface area (Å²) in [7, 11) is 0. The number of hydrogen-bond donors (Lipinski definition) is 3. The van der Waals surface area contributed by atoms with Crippen molar-refractivity contribution < 1.29 is 19.7 Å². The van der Waals surface area contributed by atoms with Gasteiger partial charge in [0.25, 0.3) is 0 Å². The zero-order valence-electron chi connectivity index (χ0n) is 8.37. The van der Waals surface area contributed by atoms with Crippen LogP contribution in [0.15, 0.2) is 0 Å². The molecule has 0 saturated heterocycles. The van der Waals surface area contributed by atoms with Gasteiger partial charge in [-0.3, -0.25) is 0 Å². The molecule has 0 aromatic rings. The highest BCUT2D eigenvalue weighted by atomic mass is 16.6. The molecule has 0 bridgehead atoms. The summed E-state index contributed by atoms with van der Waals surface area (Å²) in [5, 5.41) is 19.6. The predicted molar refractivity (Wildman–Crippen MR) is 47.1 cm³/mol. The Morgan fingerprint density at radius 1 is 1.38 bits per heavy atom. The number of aliphatic hydroxyl groups excluding tert-OH is 1. The molecule has 1 atom stereocenters. The van der Waals surface area contributed by atoms with Gasteiger partial charge in [-0.15, -0.1) is 0 Å². The van der Waals surface area contributed by atoms with Gasteiger partial charge in [0.1, 0.15) is 5.60 Å². The molecule has 5 heteroatoms. The SMILES string of the molecule is CC(NC(=O)OC(C)(C)C)C(O)O. The first-order valence-corrected chi connectivity index (χ1v) is 4.08. The second kappa shape index (κ2) is 4.43. The van der Waals surface area contributed by atoms with Crippen LogP contribution in [0, 0.1) is 0 Å². The quantitative estimate of drug-likeness (QED) is 0.545. The van der Waals surface area contributed by atoms with Gasteiger partial charge in [0.15, 0.2) is 6.29 Å². The van der Waals surface area contributed by atoms with E-state index < -0.39 is 24.0 Å². The van der Waals surface area contributed by atoms with E-state index in [0.717, 1.165) is 0 Å². The Morgan fingerprint density at radius 3 is 2.15 bits per heavy atom. The van der Waals surface area contributed by atoms with Gasteiger partial charge in [-0.1, -0.05) is 0 Å². The van der Waals surface area contributed by atoms with Crippen molar-refractivity contribution in [2.24, 2.45) is 0 Å². The molecule has 1 unspecified atom stereocenters. The highest BCUT2D eigenvalue weighted by Crippen LogP contribution is 2.06. The minimum Gasteiger partial charge on any atom is -0.444 e. The molecule has 0 aromatic heterocycles. The second-order valence-corrected chi connectivity index (χ2v) is 3.85. The number of carbonyl (C=O) groups excluding carboxylic acids is 1. The summed E-state index contributed by atoms with van der Waals surface area (Å²) in [6, 6.07) is -0.741. The van der Waals surface area contributed by atoms with E-state index in [1.54, 1.807) is 20.8 Å². The Kier molecular flexibility index (Phi) is 4.16. The zero-order valence-corrected chi connectivity index (χ0v) is 8.37. The average Bonchev–Trinajstić information content (AvgIpc) is 1.81. The first kappa shape index (κ1) is 12.2. The monoisotopic (exact) mass is 191 g/mol. The number of aliphatic hydroxyl groups is 2. The lowest BCUT2D eigenvalue weighted by Crippen LogP contribution is -2.43. The van der Waals surface area contributed by atoms with Crippen molar-refractivity contribution in [1.82, 2.24) is 5.32 Å². The Labute approximate surface area is 77.7 Å². The van der Waals surface area contributed by atoms with Crippen LogP contribution in [-0.2, 0) is 4.74 Å². The van der Waals surface area contributed by atoms with Crippen molar-refractivity contribution >= 4 is 6.09 Å². The third-order valence-electron chi connectivity index (χ3n) is 1.19. The molecule has 5 nitrogen and oxygen atoms in total. The molecular formula is C8H17NO4. The molecule has 0 spiro atoms. The maximum absolute atomic E-state index is 11.0. The largest absolute Gasteiger partial charge is 0.444 e. The Balaban J connectivity index is 3.89. The lowest BCUT2D eigenvalue weighted by Gasteiger charge is -2.22. The van der Waals surface area contributed by atoms with Crippen LogP contribution in [0.5, 0.6) is 0 Å². The lowest BCUT2D eigenvalue weighted by atomic mass is 10.2. The molecule has 0 radical (unpaired) electrons. The maximum Gasteiger partial charge on any atom is 0.408 e. The molecule has 0 fully saturated rings. The molecule has 0 aliphatic heterocycles.